The predicted octanol–water partition coefficient (Wildman–Crippen LogP) is 2.56. The average molecular weight is 487 g/mol. The molecule has 6 rings (SSSR count). The maximum Gasteiger partial charge on any atom is 0.236 e. The molecule has 1 fully saturated rings. The fraction of sp³-hybridized carbons (Fsp3) is 0.200. The maximum absolute atomic E-state index is 13.6. The Bertz CT molecular complexity index is 1570. The van der Waals surface area contributed by atoms with E-state index in [9.17, 15) is 9.18 Å². The number of rotatable bonds is 7. The smallest absolute Gasteiger partial charge is 0.236 e. The maximum atomic E-state index is 13.6. The minimum Gasteiger partial charge on any atom is -0.484 e. The van der Waals surface area contributed by atoms with E-state index in [1.54, 1.807) is 27.9 Å². The molecule has 0 aliphatic carbocycles. The van der Waals surface area contributed by atoms with Gasteiger partial charge in [-0.25, -0.2) is 13.9 Å². The minimum absolute atomic E-state index is 0.00214. The number of nitrogens with two attached hydrogens (primary N) is 1. The summed E-state index contributed by atoms with van der Waals surface area (Å²) in [5.41, 5.74) is 8.73. The van der Waals surface area contributed by atoms with Crippen molar-refractivity contribution in [2.75, 3.05) is 25.0 Å². The number of amides is 1. The molecule has 0 radical (unpaired) electrons. The summed E-state index contributed by atoms with van der Waals surface area (Å²) in [5.74, 6) is 0.869. The number of nitrogens with one attached hydrogen (secondary N) is 1. The second-order valence-electron chi connectivity index (χ2n) is 8.66. The summed E-state index contributed by atoms with van der Waals surface area (Å²) in [4.78, 5) is 17.8. The number of fused-ring (bicyclic) bond motifs is 2. The highest BCUT2D eigenvalue weighted by Gasteiger charge is 2.32. The molecule has 1 aliphatic heterocycles. The van der Waals surface area contributed by atoms with Crippen LogP contribution < -0.4 is 15.8 Å². The fourth-order valence-corrected chi connectivity index (χ4v) is 4.37. The van der Waals surface area contributed by atoms with Crippen LogP contribution in [0.1, 0.15) is 5.56 Å². The molecule has 0 spiro atoms. The highest BCUT2D eigenvalue weighted by molar-refractivity contribution is 5.86. The third-order valence-electron chi connectivity index (χ3n) is 6.21. The summed E-state index contributed by atoms with van der Waals surface area (Å²) >= 11 is 0. The first-order chi connectivity index (χ1) is 17.6. The van der Waals surface area contributed by atoms with Crippen LogP contribution in [0.15, 0.2) is 67.3 Å². The van der Waals surface area contributed by atoms with Crippen LogP contribution in [0.5, 0.6) is 5.75 Å². The molecule has 5 aromatic rings. The molecule has 0 atom stereocenters. The summed E-state index contributed by atoms with van der Waals surface area (Å²) in [6.45, 7) is 1.47. The highest BCUT2D eigenvalue weighted by atomic mass is 19.1. The van der Waals surface area contributed by atoms with E-state index in [1.807, 2.05) is 35.0 Å². The fourth-order valence-electron chi connectivity index (χ4n) is 4.37. The van der Waals surface area contributed by atoms with Gasteiger partial charge in [-0.05, 0) is 35.9 Å². The van der Waals surface area contributed by atoms with Crippen LogP contribution in [0.4, 0.5) is 15.9 Å². The van der Waals surface area contributed by atoms with Crippen molar-refractivity contribution in [2.45, 2.75) is 12.6 Å². The first kappa shape index (κ1) is 22.0. The molecule has 0 bridgehead atoms. The molecule has 4 heterocycles. The van der Waals surface area contributed by atoms with E-state index in [2.05, 4.69) is 20.5 Å². The molecule has 11 heteroatoms. The number of nitrogens with zero attached hydrogens (tertiary/aromatic N) is 6. The summed E-state index contributed by atoms with van der Waals surface area (Å²) in [7, 11) is 0. The minimum atomic E-state index is -0.265. The van der Waals surface area contributed by atoms with Crippen LogP contribution >= 0.6 is 0 Å². The van der Waals surface area contributed by atoms with Crippen molar-refractivity contribution in [1.29, 1.82) is 0 Å². The molecule has 3 aromatic heterocycles. The summed E-state index contributed by atoms with van der Waals surface area (Å²) in [5, 5.41) is 13.0. The van der Waals surface area contributed by atoms with Crippen LogP contribution in [-0.4, -0.2) is 60.9 Å². The number of benzene rings is 2. The Morgan fingerprint density at radius 3 is 2.89 bits per heavy atom. The molecular formula is C25H23FN8O2. The first-order valence-corrected chi connectivity index (χ1v) is 11.5. The Morgan fingerprint density at radius 2 is 2.06 bits per heavy atom. The van der Waals surface area contributed by atoms with Gasteiger partial charge in [0.1, 0.15) is 23.8 Å². The van der Waals surface area contributed by atoms with Crippen LogP contribution in [0.3, 0.4) is 0 Å². The van der Waals surface area contributed by atoms with Crippen molar-refractivity contribution < 1.29 is 13.9 Å². The van der Waals surface area contributed by atoms with E-state index in [4.69, 9.17) is 10.5 Å². The first-order valence-electron chi connectivity index (χ1n) is 11.5. The van der Waals surface area contributed by atoms with Crippen LogP contribution in [-0.2, 0) is 11.3 Å². The molecule has 1 saturated heterocycles. The SMILES string of the molecule is NCC(=O)N1CC(Oc2ccn3ncnc(Nc4ccc5c(cnn5Cc5cccc(F)c5)c4)c23)C1. The normalized spacial score (nSPS) is 13.8. The molecule has 36 heavy (non-hydrogen) atoms. The van der Waals surface area contributed by atoms with Gasteiger partial charge in [-0.15, -0.1) is 0 Å². The van der Waals surface area contributed by atoms with Crippen molar-refractivity contribution in [3.63, 3.8) is 0 Å². The number of hydrogen-bond donors (Lipinski definition) is 2. The number of aromatic nitrogens is 5. The van der Waals surface area contributed by atoms with Crippen LogP contribution in [0, 0.1) is 5.82 Å². The summed E-state index contributed by atoms with van der Waals surface area (Å²) in [6.07, 6.45) is 4.95. The lowest BCUT2D eigenvalue weighted by Crippen LogP contribution is -2.57. The molecule has 182 valence electrons. The third-order valence-corrected chi connectivity index (χ3v) is 6.21. The molecule has 3 N–H and O–H groups in total. The second-order valence-corrected chi connectivity index (χ2v) is 8.66. The average Bonchev–Trinajstić information content (AvgIpc) is 3.45. The number of carbonyl (C=O) groups excluding carboxylic acids is 1. The lowest BCUT2D eigenvalue weighted by atomic mass is 10.1. The Labute approximate surface area is 205 Å². The zero-order valence-electron chi connectivity index (χ0n) is 19.2. The van der Waals surface area contributed by atoms with Gasteiger partial charge in [0.25, 0.3) is 0 Å². The Balaban J connectivity index is 1.22. The Morgan fingerprint density at radius 1 is 1.17 bits per heavy atom. The van der Waals surface area contributed by atoms with Crippen molar-refractivity contribution in [1.82, 2.24) is 29.3 Å². The van der Waals surface area contributed by atoms with Gasteiger partial charge in [0.2, 0.25) is 5.91 Å². The summed E-state index contributed by atoms with van der Waals surface area (Å²) < 4.78 is 23.2. The van der Waals surface area contributed by atoms with Gasteiger partial charge in [-0.1, -0.05) is 12.1 Å². The number of carbonyl (C=O) groups is 1. The van der Waals surface area contributed by atoms with E-state index in [0.717, 1.165) is 22.2 Å². The molecule has 1 aliphatic rings. The number of anilines is 2. The number of ether oxygens (including phenoxy) is 1. The molecule has 0 unspecified atom stereocenters. The lowest BCUT2D eigenvalue weighted by Gasteiger charge is -2.38. The van der Waals surface area contributed by atoms with Crippen LogP contribution in [0.2, 0.25) is 0 Å². The third kappa shape index (κ3) is 4.09. The second kappa shape index (κ2) is 8.93. The quantitative estimate of drug-likeness (QED) is 0.363. The van der Waals surface area contributed by atoms with Gasteiger partial charge < -0.3 is 20.7 Å². The zero-order chi connectivity index (χ0) is 24.6. The Hall–Kier alpha value is -4.51. The van der Waals surface area contributed by atoms with Gasteiger partial charge in [-0.2, -0.15) is 10.2 Å². The number of hydrogen-bond acceptors (Lipinski definition) is 7. The predicted molar refractivity (Wildman–Crippen MR) is 132 cm³/mol. The van der Waals surface area contributed by atoms with E-state index < -0.39 is 0 Å². The standard InChI is InChI=1S/C25H23FN8O2/c26-18-3-1-2-16(8-18)12-34-21-5-4-19(9-17(21)11-29-34)31-25-24-22(6-7-33(24)30-15-28-25)36-20-13-32(14-20)23(35)10-27/h1-9,11,15,20H,10,12-14,27H2,(H,28,30,31). The molecular weight excluding hydrogens is 463 g/mol. The number of likely N-dealkylation sites (tertiary alicyclic amines) is 1. The van der Waals surface area contributed by atoms with Crippen molar-refractivity contribution in [2.24, 2.45) is 5.73 Å². The summed E-state index contributed by atoms with van der Waals surface area (Å²) in [6, 6.07) is 14.2. The van der Waals surface area contributed by atoms with Crippen molar-refractivity contribution in [3.8, 4) is 5.75 Å². The molecule has 1 amide bonds. The van der Waals surface area contributed by atoms with Crippen LogP contribution in [0.25, 0.3) is 16.4 Å². The Kier molecular flexibility index (Phi) is 5.45. The monoisotopic (exact) mass is 486 g/mol. The molecule has 0 saturated carbocycles. The van der Waals surface area contributed by atoms with Gasteiger partial charge in [-0.3, -0.25) is 9.48 Å². The van der Waals surface area contributed by atoms with E-state index in [-0.39, 0.29) is 24.4 Å². The van der Waals surface area contributed by atoms with Gasteiger partial charge >= 0.3 is 0 Å². The zero-order valence-corrected chi connectivity index (χ0v) is 19.2. The number of halogens is 1. The van der Waals surface area contributed by atoms with Gasteiger partial charge in [0.05, 0.1) is 37.9 Å². The molecule has 2 aromatic carbocycles. The van der Waals surface area contributed by atoms with E-state index in [1.165, 1.54) is 18.5 Å². The van der Waals surface area contributed by atoms with Gasteiger partial charge in [0.15, 0.2) is 11.6 Å². The van der Waals surface area contributed by atoms with E-state index in [0.29, 0.717) is 36.7 Å². The lowest BCUT2D eigenvalue weighted by molar-refractivity contribution is -0.138. The largest absolute Gasteiger partial charge is 0.484 e. The van der Waals surface area contributed by atoms with Gasteiger partial charge in [0, 0.05) is 23.3 Å². The van der Waals surface area contributed by atoms with Crippen molar-refractivity contribution >= 4 is 33.8 Å². The van der Waals surface area contributed by atoms with Crippen molar-refractivity contribution in [3.05, 3.63) is 78.6 Å². The highest BCUT2D eigenvalue weighted by Crippen LogP contribution is 2.31. The van der Waals surface area contributed by atoms with E-state index >= 15 is 0 Å². The molecule has 10 nitrogen and oxygen atoms in total. The topological polar surface area (TPSA) is 116 Å².